The second-order valence-corrected chi connectivity index (χ2v) is 12.4. The number of pyridine rings is 1. The lowest BCUT2D eigenvalue weighted by molar-refractivity contribution is 0.0501. The van der Waals surface area contributed by atoms with Gasteiger partial charge in [-0.1, -0.05) is 11.3 Å². The van der Waals surface area contributed by atoms with Crippen LogP contribution in [0.2, 0.25) is 0 Å². The van der Waals surface area contributed by atoms with Crippen LogP contribution < -0.4 is 10.6 Å². The lowest BCUT2D eigenvalue weighted by Gasteiger charge is -2.25. The molecule has 1 saturated heterocycles. The molecule has 4 aromatic rings. The number of ether oxygens (including phenoxy) is 1. The summed E-state index contributed by atoms with van der Waals surface area (Å²) in [4.78, 5) is 32.0. The molecule has 0 bridgehead atoms. The minimum atomic E-state index is -0.594. The number of hydrogen-bond acceptors (Lipinski definition) is 10. The van der Waals surface area contributed by atoms with Gasteiger partial charge < -0.3 is 20.3 Å². The van der Waals surface area contributed by atoms with E-state index in [1.54, 1.807) is 21.7 Å². The molecule has 1 aliphatic heterocycles. The van der Waals surface area contributed by atoms with Gasteiger partial charge in [0.25, 0.3) is 5.91 Å². The van der Waals surface area contributed by atoms with Crippen molar-refractivity contribution in [2.45, 2.75) is 65.1 Å². The average Bonchev–Trinajstić information content (AvgIpc) is 3.69. The lowest BCUT2D eigenvalue weighted by Crippen LogP contribution is -2.44. The predicted octanol–water partition coefficient (Wildman–Crippen LogP) is 4.74. The van der Waals surface area contributed by atoms with Crippen molar-refractivity contribution in [3.63, 3.8) is 0 Å². The zero-order valence-electron chi connectivity index (χ0n) is 24.2. The van der Waals surface area contributed by atoms with Crippen LogP contribution in [0.5, 0.6) is 0 Å². The third-order valence-electron chi connectivity index (χ3n) is 6.60. The maximum atomic E-state index is 13.4. The maximum absolute atomic E-state index is 13.4. The fourth-order valence-corrected chi connectivity index (χ4v) is 5.65. The zero-order chi connectivity index (χ0) is 30.0. The molecule has 4 aromatic heterocycles. The fourth-order valence-electron chi connectivity index (χ4n) is 4.82. The van der Waals surface area contributed by atoms with Gasteiger partial charge in [0.2, 0.25) is 5.01 Å². The molecule has 1 atom stereocenters. The van der Waals surface area contributed by atoms with Crippen LogP contribution in [0, 0.1) is 11.3 Å². The quantitative estimate of drug-likeness (QED) is 0.313. The van der Waals surface area contributed by atoms with Gasteiger partial charge in [-0.2, -0.15) is 10.4 Å². The van der Waals surface area contributed by atoms with Crippen molar-refractivity contribution in [3.05, 3.63) is 47.2 Å². The molecule has 0 radical (unpaired) electrons. The molecule has 2 N–H and O–H groups in total. The highest BCUT2D eigenvalue weighted by atomic mass is 32.1. The summed E-state index contributed by atoms with van der Waals surface area (Å²) in [5, 5.41) is 29.3. The molecule has 0 spiro atoms. The third kappa shape index (κ3) is 6.33. The molecule has 5 heterocycles. The van der Waals surface area contributed by atoms with Crippen LogP contribution in [0.3, 0.4) is 0 Å². The van der Waals surface area contributed by atoms with Crippen LogP contribution in [0.1, 0.15) is 62.8 Å². The summed E-state index contributed by atoms with van der Waals surface area (Å²) in [6.07, 6.45) is 4.37. The van der Waals surface area contributed by atoms with Crippen molar-refractivity contribution < 1.29 is 14.3 Å². The van der Waals surface area contributed by atoms with E-state index in [4.69, 9.17) is 9.72 Å². The normalized spacial score (nSPS) is 15.2. The number of nitrogens with zero attached hydrogens (tertiary/aromatic N) is 7. The fraction of sp³-hybridized carbons (Fsp3) is 0.414. The molecular formula is C29H33N9O3S. The molecule has 42 heavy (non-hydrogen) atoms. The van der Waals surface area contributed by atoms with Crippen molar-refractivity contribution in [2.75, 3.05) is 18.4 Å². The van der Waals surface area contributed by atoms with Gasteiger partial charge in [0.05, 0.1) is 34.2 Å². The van der Waals surface area contributed by atoms with Crippen LogP contribution in [0.25, 0.3) is 27.5 Å². The number of aromatic nitrogens is 5. The van der Waals surface area contributed by atoms with Crippen LogP contribution >= 0.6 is 11.3 Å². The summed E-state index contributed by atoms with van der Waals surface area (Å²) in [7, 11) is 0. The highest BCUT2D eigenvalue weighted by Gasteiger charge is 2.32. The van der Waals surface area contributed by atoms with E-state index in [0.717, 1.165) is 35.3 Å². The number of hydrogen-bond donors (Lipinski definition) is 2. The minimum absolute atomic E-state index is 0.122. The van der Waals surface area contributed by atoms with E-state index in [1.807, 2.05) is 52.8 Å². The third-order valence-corrected chi connectivity index (χ3v) is 7.54. The van der Waals surface area contributed by atoms with Gasteiger partial charge in [-0.3, -0.25) is 9.78 Å². The Morgan fingerprint density at radius 2 is 2.02 bits per heavy atom. The summed E-state index contributed by atoms with van der Waals surface area (Å²) in [5.41, 5.74) is 3.69. The first-order valence-electron chi connectivity index (χ1n) is 13.8. The number of nitriles is 1. The molecule has 2 amide bonds. The number of carbonyl (C=O) groups excluding carboxylic acids is 2. The highest BCUT2D eigenvalue weighted by molar-refractivity contribution is 7.16. The number of alkyl carbamates (subject to hydrolysis) is 1. The van der Waals surface area contributed by atoms with Gasteiger partial charge in [-0.15, -0.1) is 10.2 Å². The van der Waals surface area contributed by atoms with E-state index < -0.39 is 11.7 Å². The monoisotopic (exact) mass is 587 g/mol. The summed E-state index contributed by atoms with van der Waals surface area (Å²) in [6, 6.07) is 9.60. The average molecular weight is 588 g/mol. The Morgan fingerprint density at radius 1 is 1.21 bits per heavy atom. The number of nitrogens with one attached hydrogen (secondary N) is 2. The molecule has 0 aliphatic carbocycles. The molecule has 0 saturated carbocycles. The Kier molecular flexibility index (Phi) is 8.08. The Hall–Kier alpha value is -4.57. The standard InChI is InChI=1S/C29H33N9O3S/c1-17(2)34-22-12-23(24-9-8-19-11-18(13-30)14-33-38(19)24)31-16-21(22)25-35-36-26(42-25)27(39)37-10-6-7-20(37)15-32-28(40)41-29(3,4)5/h8-9,11-12,14,16-17,20H,6-7,10,15H2,1-5H3,(H,31,34)(H,32,40)/t20-/m0/s1. The van der Waals surface area contributed by atoms with E-state index >= 15 is 0 Å². The van der Waals surface area contributed by atoms with Crippen LogP contribution in [-0.2, 0) is 4.74 Å². The van der Waals surface area contributed by atoms with Crippen molar-refractivity contribution in [1.82, 2.24) is 35.0 Å². The van der Waals surface area contributed by atoms with Crippen LogP contribution in [-0.4, -0.2) is 72.5 Å². The van der Waals surface area contributed by atoms with Gasteiger partial charge in [0.1, 0.15) is 11.7 Å². The second-order valence-electron chi connectivity index (χ2n) is 11.4. The minimum Gasteiger partial charge on any atom is -0.444 e. The number of anilines is 1. The molecule has 12 nitrogen and oxygen atoms in total. The number of amides is 2. The van der Waals surface area contributed by atoms with E-state index in [1.165, 1.54) is 17.5 Å². The van der Waals surface area contributed by atoms with Crippen molar-refractivity contribution >= 4 is 34.5 Å². The summed E-state index contributed by atoms with van der Waals surface area (Å²) in [5.74, 6) is -0.211. The molecule has 1 fully saturated rings. The molecular weight excluding hydrogens is 554 g/mol. The number of rotatable bonds is 7. The Balaban J connectivity index is 1.37. The van der Waals surface area contributed by atoms with E-state index in [9.17, 15) is 14.9 Å². The van der Waals surface area contributed by atoms with Gasteiger partial charge >= 0.3 is 6.09 Å². The highest BCUT2D eigenvalue weighted by Crippen LogP contribution is 2.34. The number of fused-ring (bicyclic) bond motifs is 1. The van der Waals surface area contributed by atoms with Crippen molar-refractivity contribution in [2.24, 2.45) is 0 Å². The van der Waals surface area contributed by atoms with Crippen LogP contribution in [0.15, 0.2) is 36.7 Å². The van der Waals surface area contributed by atoms with Crippen molar-refractivity contribution in [3.8, 4) is 28.0 Å². The van der Waals surface area contributed by atoms with E-state index in [2.05, 4.69) is 32.0 Å². The zero-order valence-corrected chi connectivity index (χ0v) is 25.0. The number of likely N-dealkylation sites (tertiary alicyclic amines) is 1. The summed E-state index contributed by atoms with van der Waals surface area (Å²) in [6.45, 7) is 10.4. The first-order valence-corrected chi connectivity index (χ1v) is 14.6. The summed E-state index contributed by atoms with van der Waals surface area (Å²) >= 11 is 1.21. The van der Waals surface area contributed by atoms with Crippen molar-refractivity contribution in [1.29, 1.82) is 5.26 Å². The molecule has 1 aliphatic rings. The first-order chi connectivity index (χ1) is 20.0. The van der Waals surface area contributed by atoms with Gasteiger partial charge in [-0.05, 0) is 71.7 Å². The Bertz CT molecular complexity index is 1660. The molecule has 0 unspecified atom stereocenters. The first kappa shape index (κ1) is 28.9. The van der Waals surface area contributed by atoms with Gasteiger partial charge in [-0.25, -0.2) is 9.31 Å². The summed E-state index contributed by atoms with van der Waals surface area (Å²) < 4.78 is 7.07. The predicted molar refractivity (Wildman–Crippen MR) is 159 cm³/mol. The topological polar surface area (TPSA) is 150 Å². The van der Waals surface area contributed by atoms with Gasteiger partial charge in [0, 0.05) is 37.1 Å². The Morgan fingerprint density at radius 3 is 2.76 bits per heavy atom. The van der Waals surface area contributed by atoms with Crippen LogP contribution in [0.4, 0.5) is 10.5 Å². The SMILES string of the molecule is CC(C)Nc1cc(-c2ccc3cc(C#N)cnn23)ncc1-c1nnc(C(=O)N2CCC[C@H]2CNC(=O)OC(C)(C)C)s1. The largest absolute Gasteiger partial charge is 0.444 e. The Labute approximate surface area is 247 Å². The lowest BCUT2D eigenvalue weighted by atomic mass is 10.1. The molecule has 0 aromatic carbocycles. The van der Waals surface area contributed by atoms with Gasteiger partial charge in [0.15, 0.2) is 5.01 Å². The second kappa shape index (κ2) is 11.7. The van der Waals surface area contributed by atoms with E-state index in [-0.39, 0.29) is 23.0 Å². The molecule has 218 valence electrons. The maximum Gasteiger partial charge on any atom is 0.407 e. The number of carbonyl (C=O) groups is 2. The molecule has 5 rings (SSSR count). The van der Waals surface area contributed by atoms with E-state index in [0.29, 0.717) is 29.4 Å². The molecule has 13 heteroatoms. The smallest absolute Gasteiger partial charge is 0.407 e.